The number of fused-ring (bicyclic) bond motifs is 3. The van der Waals surface area contributed by atoms with Crippen LogP contribution in [0.2, 0.25) is 0 Å². The molecular weight excluding hydrogens is 456 g/mol. The Bertz CT molecular complexity index is 854. The normalized spacial score (nSPS) is 41.2. The SMILES string of the molecule is C[C@@H]1C[C@]23CCC4[C@](C)(CCC[C@]4(C)C(=O)O)C2CC[C@@]1(OC(=O)CCCCCCCCC(=O)O)C3. The molecule has 7 atom stereocenters. The molecule has 0 aromatic carbocycles. The van der Waals surface area contributed by atoms with Crippen molar-refractivity contribution < 1.29 is 29.3 Å². The minimum absolute atomic E-state index is 0.0563. The number of rotatable bonds is 11. The maximum absolute atomic E-state index is 12.9. The molecule has 36 heavy (non-hydrogen) atoms. The van der Waals surface area contributed by atoms with E-state index in [1.165, 1.54) is 0 Å². The smallest absolute Gasteiger partial charge is 0.309 e. The third-order valence-corrected chi connectivity index (χ3v) is 11.4. The van der Waals surface area contributed by atoms with Gasteiger partial charge in [0.25, 0.3) is 0 Å². The molecule has 4 fully saturated rings. The van der Waals surface area contributed by atoms with Gasteiger partial charge in [0.1, 0.15) is 5.60 Å². The number of hydrogen-bond donors (Lipinski definition) is 2. The first-order valence-electron chi connectivity index (χ1n) is 14.6. The maximum atomic E-state index is 12.9. The Balaban J connectivity index is 1.33. The zero-order valence-corrected chi connectivity index (χ0v) is 22.8. The lowest BCUT2D eigenvalue weighted by Gasteiger charge is -2.63. The summed E-state index contributed by atoms with van der Waals surface area (Å²) in [6.45, 7) is 6.67. The summed E-state index contributed by atoms with van der Waals surface area (Å²) in [4.78, 5) is 35.8. The summed E-state index contributed by atoms with van der Waals surface area (Å²) in [7, 11) is 0. The van der Waals surface area contributed by atoms with Crippen molar-refractivity contribution in [3.63, 3.8) is 0 Å². The summed E-state index contributed by atoms with van der Waals surface area (Å²) in [5, 5.41) is 18.9. The number of hydrogen-bond acceptors (Lipinski definition) is 4. The molecule has 2 bridgehead atoms. The first-order valence-corrected chi connectivity index (χ1v) is 14.6. The van der Waals surface area contributed by atoms with Crippen LogP contribution in [0.1, 0.15) is 130 Å². The van der Waals surface area contributed by atoms with E-state index in [2.05, 4.69) is 13.8 Å². The van der Waals surface area contributed by atoms with Gasteiger partial charge in [-0.25, -0.2) is 0 Å². The van der Waals surface area contributed by atoms with E-state index in [0.29, 0.717) is 18.3 Å². The highest BCUT2D eigenvalue weighted by Gasteiger charge is 2.69. The molecule has 0 aromatic rings. The molecule has 2 N–H and O–H groups in total. The molecule has 0 radical (unpaired) electrons. The van der Waals surface area contributed by atoms with E-state index in [4.69, 9.17) is 9.84 Å². The van der Waals surface area contributed by atoms with Gasteiger partial charge >= 0.3 is 17.9 Å². The molecule has 0 aromatic heterocycles. The second-order valence-electron chi connectivity index (χ2n) is 13.5. The standard InChI is InChI=1S/C30H48O6/c1-21-19-29-17-13-22-27(2,15-10-16-28(22,3)26(34)35)23(29)14-18-30(21,20-29)36-25(33)12-9-7-5-4-6-8-11-24(31)32/h21-23H,4-20H2,1-3H3,(H,31,32)(H,34,35)/t21-,22?,23?,27+,28+,29+,30-/m1/s1. The molecule has 0 amide bonds. The lowest BCUT2D eigenvalue weighted by atomic mass is 9.41. The topological polar surface area (TPSA) is 101 Å². The third-order valence-electron chi connectivity index (χ3n) is 11.4. The van der Waals surface area contributed by atoms with Crippen LogP contribution in [0.4, 0.5) is 0 Å². The highest BCUT2D eigenvalue weighted by Crippen LogP contribution is 2.73. The number of carbonyl (C=O) groups is 3. The van der Waals surface area contributed by atoms with E-state index in [9.17, 15) is 19.5 Å². The third kappa shape index (κ3) is 4.82. The van der Waals surface area contributed by atoms with Gasteiger partial charge in [0.15, 0.2) is 0 Å². The fourth-order valence-electron chi connectivity index (χ4n) is 9.71. The van der Waals surface area contributed by atoms with Crippen LogP contribution in [-0.4, -0.2) is 33.7 Å². The van der Waals surface area contributed by atoms with Crippen molar-refractivity contribution in [1.82, 2.24) is 0 Å². The molecule has 4 aliphatic rings. The zero-order chi connectivity index (χ0) is 26.2. The Labute approximate surface area is 216 Å². The van der Waals surface area contributed by atoms with Gasteiger partial charge in [0.2, 0.25) is 0 Å². The minimum Gasteiger partial charge on any atom is -0.481 e. The number of unbranched alkanes of at least 4 members (excludes halogenated alkanes) is 5. The Hall–Kier alpha value is -1.59. The number of esters is 1. The van der Waals surface area contributed by atoms with Crippen molar-refractivity contribution in [3.8, 4) is 0 Å². The molecule has 0 heterocycles. The monoisotopic (exact) mass is 504 g/mol. The molecule has 0 saturated heterocycles. The van der Waals surface area contributed by atoms with Gasteiger partial charge in [-0.3, -0.25) is 14.4 Å². The lowest BCUT2D eigenvalue weighted by molar-refractivity contribution is -0.194. The van der Waals surface area contributed by atoms with Crippen molar-refractivity contribution >= 4 is 17.9 Å². The molecule has 4 rings (SSSR count). The van der Waals surface area contributed by atoms with Gasteiger partial charge in [-0.05, 0) is 99.7 Å². The van der Waals surface area contributed by atoms with Crippen molar-refractivity contribution in [2.24, 2.45) is 34.0 Å². The lowest BCUT2D eigenvalue weighted by Crippen LogP contribution is -2.59. The summed E-state index contributed by atoms with van der Waals surface area (Å²) in [5.74, 6) is -0.278. The second kappa shape index (κ2) is 10.3. The quantitative estimate of drug-likeness (QED) is 0.232. The first kappa shape index (κ1) is 27.4. The second-order valence-corrected chi connectivity index (χ2v) is 13.5. The number of carboxylic acid groups (broad SMARTS) is 2. The Kier molecular flexibility index (Phi) is 7.84. The molecule has 2 unspecified atom stereocenters. The van der Waals surface area contributed by atoms with E-state index in [-0.39, 0.29) is 34.7 Å². The van der Waals surface area contributed by atoms with Crippen molar-refractivity contribution in [2.45, 2.75) is 136 Å². The Morgan fingerprint density at radius 1 is 0.833 bits per heavy atom. The van der Waals surface area contributed by atoms with E-state index in [0.717, 1.165) is 96.3 Å². The van der Waals surface area contributed by atoms with Crippen molar-refractivity contribution in [3.05, 3.63) is 0 Å². The summed E-state index contributed by atoms with van der Waals surface area (Å²) in [6.07, 6.45) is 15.3. The average molecular weight is 505 g/mol. The summed E-state index contributed by atoms with van der Waals surface area (Å²) in [5.41, 5.74) is -0.696. The first-order chi connectivity index (χ1) is 17.0. The van der Waals surface area contributed by atoms with Gasteiger partial charge in [-0.15, -0.1) is 0 Å². The molecule has 4 aliphatic carbocycles. The molecule has 0 aliphatic heterocycles. The number of carboxylic acids is 2. The molecule has 1 spiro atoms. The minimum atomic E-state index is -0.728. The van der Waals surface area contributed by atoms with E-state index >= 15 is 0 Å². The van der Waals surface area contributed by atoms with Crippen molar-refractivity contribution in [2.75, 3.05) is 0 Å². The molecule has 204 valence electrons. The Morgan fingerprint density at radius 2 is 1.47 bits per heavy atom. The number of ether oxygens (including phenoxy) is 1. The highest BCUT2D eigenvalue weighted by atomic mass is 16.6. The molecule has 6 nitrogen and oxygen atoms in total. The highest BCUT2D eigenvalue weighted by molar-refractivity contribution is 5.75. The summed E-state index contributed by atoms with van der Waals surface area (Å²) < 4.78 is 6.35. The Morgan fingerprint density at radius 3 is 2.14 bits per heavy atom. The van der Waals surface area contributed by atoms with Crippen LogP contribution < -0.4 is 0 Å². The van der Waals surface area contributed by atoms with Crippen LogP contribution in [0, 0.1) is 34.0 Å². The molecular formula is C30H48O6. The van der Waals surface area contributed by atoms with Gasteiger partial charge in [-0.2, -0.15) is 0 Å². The summed E-state index contributed by atoms with van der Waals surface area (Å²) >= 11 is 0. The van der Waals surface area contributed by atoms with Gasteiger partial charge < -0.3 is 14.9 Å². The zero-order valence-electron chi connectivity index (χ0n) is 22.8. The van der Waals surface area contributed by atoms with Gasteiger partial charge in [-0.1, -0.05) is 46.0 Å². The van der Waals surface area contributed by atoms with Crippen molar-refractivity contribution in [1.29, 1.82) is 0 Å². The number of carbonyl (C=O) groups excluding carboxylic acids is 1. The van der Waals surface area contributed by atoms with E-state index in [1.807, 2.05) is 6.92 Å². The van der Waals surface area contributed by atoms with Crippen LogP contribution in [0.5, 0.6) is 0 Å². The average Bonchev–Trinajstić information content (AvgIpc) is 2.99. The van der Waals surface area contributed by atoms with Crippen LogP contribution >= 0.6 is 0 Å². The van der Waals surface area contributed by atoms with Crippen LogP contribution in [0.25, 0.3) is 0 Å². The maximum Gasteiger partial charge on any atom is 0.309 e. The van der Waals surface area contributed by atoms with Crippen LogP contribution in [0.3, 0.4) is 0 Å². The van der Waals surface area contributed by atoms with E-state index in [1.54, 1.807) is 0 Å². The van der Waals surface area contributed by atoms with Gasteiger partial charge in [0, 0.05) is 12.8 Å². The van der Waals surface area contributed by atoms with E-state index < -0.39 is 17.4 Å². The fraction of sp³-hybridized carbons (Fsp3) is 0.900. The fourth-order valence-corrected chi connectivity index (χ4v) is 9.71. The molecule has 4 saturated carbocycles. The number of aliphatic carboxylic acids is 2. The van der Waals surface area contributed by atoms with Crippen LogP contribution in [0.15, 0.2) is 0 Å². The van der Waals surface area contributed by atoms with Crippen LogP contribution in [-0.2, 0) is 19.1 Å². The van der Waals surface area contributed by atoms with Gasteiger partial charge in [0.05, 0.1) is 5.41 Å². The predicted octanol–water partition coefficient (Wildman–Crippen LogP) is 6.99. The molecule has 6 heteroatoms. The predicted molar refractivity (Wildman–Crippen MR) is 137 cm³/mol. The summed E-state index contributed by atoms with van der Waals surface area (Å²) in [6, 6.07) is 0. The largest absolute Gasteiger partial charge is 0.481 e.